The molecular weight excluding hydrogens is 350 g/mol. The maximum atomic E-state index is 12.5. The van der Waals surface area contributed by atoms with Crippen LogP contribution in [-0.4, -0.2) is 21.8 Å². The molecule has 2 aromatic heterocycles. The molecule has 26 heavy (non-hydrogen) atoms. The molecular formula is C18H17N5O2S. The minimum atomic E-state index is -0.408. The molecule has 132 valence electrons. The number of anilines is 2. The van der Waals surface area contributed by atoms with Crippen LogP contribution in [0.2, 0.25) is 0 Å². The summed E-state index contributed by atoms with van der Waals surface area (Å²) in [5.74, 6) is -0.364. The Morgan fingerprint density at radius 2 is 1.69 bits per heavy atom. The van der Waals surface area contributed by atoms with Crippen LogP contribution in [0.25, 0.3) is 0 Å². The maximum Gasteiger partial charge on any atom is 0.271 e. The standard InChI is InChI=1S/C18H17N5O2S/c1-11-10-12(2)20-18(19-11)23-22-16(24)13-6-3-4-7-14(13)21-17(25)15-8-5-9-26-15/h3-10H,1-2H3,(H,21,25)(H,22,24)(H,19,20,23). The molecule has 0 atom stereocenters. The Morgan fingerprint density at radius 1 is 0.962 bits per heavy atom. The van der Waals surface area contributed by atoms with Gasteiger partial charge in [-0.05, 0) is 43.5 Å². The molecule has 0 aliphatic carbocycles. The highest BCUT2D eigenvalue weighted by Crippen LogP contribution is 2.18. The van der Waals surface area contributed by atoms with Crippen molar-refractivity contribution in [1.82, 2.24) is 15.4 Å². The van der Waals surface area contributed by atoms with Crippen molar-refractivity contribution in [1.29, 1.82) is 0 Å². The third-order valence-electron chi connectivity index (χ3n) is 3.43. The van der Waals surface area contributed by atoms with E-state index >= 15 is 0 Å². The zero-order chi connectivity index (χ0) is 18.5. The number of hydrogen-bond donors (Lipinski definition) is 3. The third kappa shape index (κ3) is 4.22. The fourth-order valence-electron chi connectivity index (χ4n) is 2.34. The van der Waals surface area contributed by atoms with Gasteiger partial charge in [0.1, 0.15) is 0 Å². The molecule has 0 unspecified atom stereocenters. The highest BCUT2D eigenvalue weighted by atomic mass is 32.1. The average molecular weight is 367 g/mol. The molecule has 3 aromatic rings. The van der Waals surface area contributed by atoms with Crippen molar-refractivity contribution in [2.45, 2.75) is 13.8 Å². The number of para-hydroxylation sites is 1. The van der Waals surface area contributed by atoms with Crippen LogP contribution >= 0.6 is 11.3 Å². The van der Waals surface area contributed by atoms with Crippen molar-refractivity contribution in [2.75, 3.05) is 10.7 Å². The van der Waals surface area contributed by atoms with Gasteiger partial charge in [-0.1, -0.05) is 18.2 Å². The molecule has 3 rings (SSSR count). The van der Waals surface area contributed by atoms with Crippen LogP contribution in [0.4, 0.5) is 11.6 Å². The van der Waals surface area contributed by atoms with Gasteiger partial charge in [0.2, 0.25) is 5.95 Å². The molecule has 3 N–H and O–H groups in total. The second-order valence-corrected chi connectivity index (χ2v) is 6.48. The molecule has 0 radical (unpaired) electrons. The summed E-state index contributed by atoms with van der Waals surface area (Å²) in [6.07, 6.45) is 0. The van der Waals surface area contributed by atoms with Gasteiger partial charge in [0.05, 0.1) is 16.1 Å². The first-order valence-corrected chi connectivity index (χ1v) is 8.73. The average Bonchev–Trinajstić information content (AvgIpc) is 3.14. The molecule has 2 heterocycles. The lowest BCUT2D eigenvalue weighted by Crippen LogP contribution is -2.31. The molecule has 0 aliphatic heterocycles. The van der Waals surface area contributed by atoms with Gasteiger partial charge in [0, 0.05) is 11.4 Å². The minimum absolute atomic E-state index is 0.258. The van der Waals surface area contributed by atoms with Crippen molar-refractivity contribution < 1.29 is 9.59 Å². The summed E-state index contributed by atoms with van der Waals surface area (Å²) in [5.41, 5.74) is 7.59. The number of hydrogen-bond acceptors (Lipinski definition) is 6. The van der Waals surface area contributed by atoms with Crippen molar-refractivity contribution in [3.63, 3.8) is 0 Å². The zero-order valence-electron chi connectivity index (χ0n) is 14.2. The molecule has 0 saturated carbocycles. The first-order chi connectivity index (χ1) is 12.5. The Bertz CT molecular complexity index is 920. The zero-order valence-corrected chi connectivity index (χ0v) is 15.1. The minimum Gasteiger partial charge on any atom is -0.321 e. The molecule has 2 amide bonds. The highest BCUT2D eigenvalue weighted by molar-refractivity contribution is 7.12. The van der Waals surface area contributed by atoms with Gasteiger partial charge in [-0.3, -0.25) is 20.4 Å². The topological polar surface area (TPSA) is 96.0 Å². The molecule has 0 aliphatic rings. The van der Waals surface area contributed by atoms with Crippen LogP contribution in [-0.2, 0) is 0 Å². The Balaban J connectivity index is 1.72. The van der Waals surface area contributed by atoms with Crippen LogP contribution in [0, 0.1) is 13.8 Å². The van der Waals surface area contributed by atoms with Crippen LogP contribution in [0.5, 0.6) is 0 Å². The maximum absolute atomic E-state index is 12.5. The van der Waals surface area contributed by atoms with E-state index in [1.54, 1.807) is 36.4 Å². The number of nitrogens with one attached hydrogen (secondary N) is 3. The monoisotopic (exact) mass is 367 g/mol. The summed E-state index contributed by atoms with van der Waals surface area (Å²) in [6, 6.07) is 12.1. The van der Waals surface area contributed by atoms with Crippen LogP contribution in [0.15, 0.2) is 47.8 Å². The van der Waals surface area contributed by atoms with Gasteiger partial charge in [0.25, 0.3) is 11.8 Å². The number of aromatic nitrogens is 2. The second-order valence-electron chi connectivity index (χ2n) is 5.53. The SMILES string of the molecule is Cc1cc(C)nc(NNC(=O)c2ccccc2NC(=O)c2cccs2)n1. The van der Waals surface area contributed by atoms with E-state index in [9.17, 15) is 9.59 Å². The Hall–Kier alpha value is -3.26. The summed E-state index contributed by atoms with van der Waals surface area (Å²) in [5, 5.41) is 4.58. The van der Waals surface area contributed by atoms with E-state index in [4.69, 9.17) is 0 Å². The van der Waals surface area contributed by atoms with Crippen molar-refractivity contribution in [2.24, 2.45) is 0 Å². The Morgan fingerprint density at radius 3 is 2.38 bits per heavy atom. The molecule has 0 saturated heterocycles. The fraction of sp³-hybridized carbons (Fsp3) is 0.111. The smallest absolute Gasteiger partial charge is 0.271 e. The number of benzene rings is 1. The van der Waals surface area contributed by atoms with Crippen LogP contribution < -0.4 is 16.2 Å². The van der Waals surface area contributed by atoms with E-state index in [1.807, 2.05) is 25.3 Å². The molecule has 0 fully saturated rings. The number of amides is 2. The fourth-order valence-corrected chi connectivity index (χ4v) is 2.96. The first kappa shape index (κ1) is 17.6. The number of aryl methyl sites for hydroxylation is 2. The summed E-state index contributed by atoms with van der Waals surface area (Å²) < 4.78 is 0. The van der Waals surface area contributed by atoms with Gasteiger partial charge in [-0.25, -0.2) is 9.97 Å². The predicted molar refractivity (Wildman–Crippen MR) is 101 cm³/mol. The van der Waals surface area contributed by atoms with Crippen molar-refractivity contribution in [3.8, 4) is 0 Å². The normalized spacial score (nSPS) is 10.2. The third-order valence-corrected chi connectivity index (χ3v) is 4.30. The quantitative estimate of drug-likeness (QED) is 0.602. The summed E-state index contributed by atoms with van der Waals surface area (Å²) >= 11 is 1.33. The van der Waals surface area contributed by atoms with Crippen LogP contribution in [0.3, 0.4) is 0 Å². The number of hydrazine groups is 1. The lowest BCUT2D eigenvalue weighted by Gasteiger charge is -2.12. The van der Waals surface area contributed by atoms with E-state index in [0.717, 1.165) is 11.4 Å². The van der Waals surface area contributed by atoms with Crippen molar-refractivity contribution in [3.05, 3.63) is 69.7 Å². The van der Waals surface area contributed by atoms with Gasteiger partial charge in [-0.2, -0.15) is 0 Å². The molecule has 8 heteroatoms. The number of rotatable bonds is 5. The van der Waals surface area contributed by atoms with E-state index in [1.165, 1.54) is 11.3 Å². The number of carbonyl (C=O) groups is 2. The van der Waals surface area contributed by atoms with E-state index in [0.29, 0.717) is 22.1 Å². The van der Waals surface area contributed by atoms with Gasteiger partial charge < -0.3 is 5.32 Å². The Labute approximate surface area is 154 Å². The summed E-state index contributed by atoms with van der Waals surface area (Å²) in [6.45, 7) is 3.69. The molecule has 0 spiro atoms. The number of nitrogens with zero attached hydrogens (tertiary/aromatic N) is 2. The predicted octanol–water partition coefficient (Wildman–Crippen LogP) is 3.16. The summed E-state index contributed by atoms with van der Waals surface area (Å²) in [4.78, 5) is 33.7. The largest absolute Gasteiger partial charge is 0.321 e. The molecule has 7 nitrogen and oxygen atoms in total. The van der Waals surface area contributed by atoms with Gasteiger partial charge >= 0.3 is 0 Å². The van der Waals surface area contributed by atoms with E-state index in [-0.39, 0.29) is 5.91 Å². The van der Waals surface area contributed by atoms with E-state index < -0.39 is 5.91 Å². The Kier molecular flexibility index (Phi) is 5.23. The lowest BCUT2D eigenvalue weighted by atomic mass is 10.1. The molecule has 1 aromatic carbocycles. The second kappa shape index (κ2) is 7.75. The summed E-state index contributed by atoms with van der Waals surface area (Å²) in [7, 11) is 0. The van der Waals surface area contributed by atoms with Gasteiger partial charge in [0.15, 0.2) is 0 Å². The lowest BCUT2D eigenvalue weighted by molar-refractivity contribution is 0.0963. The van der Waals surface area contributed by atoms with Crippen LogP contribution in [0.1, 0.15) is 31.4 Å². The van der Waals surface area contributed by atoms with Crippen molar-refractivity contribution >= 4 is 34.8 Å². The first-order valence-electron chi connectivity index (χ1n) is 7.85. The molecule has 0 bridgehead atoms. The highest BCUT2D eigenvalue weighted by Gasteiger charge is 2.14. The van der Waals surface area contributed by atoms with Gasteiger partial charge in [-0.15, -0.1) is 11.3 Å². The van der Waals surface area contributed by atoms with E-state index in [2.05, 4.69) is 26.1 Å². The number of thiophene rings is 1. The number of carbonyl (C=O) groups excluding carboxylic acids is 2.